The second kappa shape index (κ2) is 11.0. The lowest BCUT2D eigenvalue weighted by Gasteiger charge is -2.33. The molecule has 0 unspecified atom stereocenters. The second-order valence-electron chi connectivity index (χ2n) is 9.33. The number of carbonyl (C=O) groups excluding carboxylic acids is 2. The molecule has 1 fully saturated rings. The Morgan fingerprint density at radius 1 is 1.12 bits per heavy atom. The Kier molecular flexibility index (Phi) is 8.15. The van der Waals surface area contributed by atoms with E-state index < -0.39 is 5.60 Å². The van der Waals surface area contributed by atoms with Crippen LogP contribution in [0.4, 0.5) is 4.79 Å². The summed E-state index contributed by atoms with van der Waals surface area (Å²) in [6.07, 6.45) is 3.09. The maximum Gasteiger partial charge on any atom is 0.410 e. The molecule has 0 aromatic heterocycles. The van der Waals surface area contributed by atoms with Crippen LogP contribution in [0.1, 0.15) is 50.3 Å². The SMILES string of the molecule is C=Cc1ccc(OCc2ccccc2)c(CC(=O)NC2CCN(C(=O)OC(C)(C)C)CC2)c1. The van der Waals surface area contributed by atoms with E-state index in [2.05, 4.69) is 11.9 Å². The molecule has 0 aliphatic carbocycles. The van der Waals surface area contributed by atoms with Crippen molar-refractivity contribution in [2.75, 3.05) is 13.1 Å². The van der Waals surface area contributed by atoms with Crippen LogP contribution >= 0.6 is 0 Å². The molecule has 0 saturated carbocycles. The van der Waals surface area contributed by atoms with Gasteiger partial charge >= 0.3 is 6.09 Å². The van der Waals surface area contributed by atoms with E-state index in [0.29, 0.717) is 38.3 Å². The van der Waals surface area contributed by atoms with Crippen molar-refractivity contribution in [3.05, 3.63) is 71.8 Å². The van der Waals surface area contributed by atoms with Gasteiger partial charge in [-0.1, -0.05) is 49.1 Å². The van der Waals surface area contributed by atoms with Crippen LogP contribution in [-0.2, 0) is 22.6 Å². The van der Waals surface area contributed by atoms with Crippen molar-refractivity contribution in [3.63, 3.8) is 0 Å². The third-order valence-corrected chi connectivity index (χ3v) is 5.42. The number of piperidine rings is 1. The fourth-order valence-corrected chi connectivity index (χ4v) is 3.73. The second-order valence-corrected chi connectivity index (χ2v) is 9.33. The molecule has 1 aliphatic rings. The summed E-state index contributed by atoms with van der Waals surface area (Å²) in [4.78, 5) is 26.8. The quantitative estimate of drug-likeness (QED) is 0.647. The summed E-state index contributed by atoms with van der Waals surface area (Å²) in [6.45, 7) is 11.0. The highest BCUT2D eigenvalue weighted by atomic mass is 16.6. The van der Waals surface area contributed by atoms with E-state index in [0.717, 1.165) is 16.7 Å². The van der Waals surface area contributed by atoms with E-state index in [-0.39, 0.29) is 24.5 Å². The van der Waals surface area contributed by atoms with Gasteiger partial charge in [-0.05, 0) is 56.9 Å². The average molecular weight is 451 g/mol. The smallest absolute Gasteiger partial charge is 0.410 e. The first-order valence-electron chi connectivity index (χ1n) is 11.4. The fourth-order valence-electron chi connectivity index (χ4n) is 3.73. The first kappa shape index (κ1) is 24.4. The van der Waals surface area contributed by atoms with Gasteiger partial charge in [-0.3, -0.25) is 4.79 Å². The van der Waals surface area contributed by atoms with Crippen LogP contribution in [0.3, 0.4) is 0 Å². The van der Waals surface area contributed by atoms with E-state index in [1.165, 1.54) is 0 Å². The predicted molar refractivity (Wildman–Crippen MR) is 130 cm³/mol. The Bertz CT molecular complexity index is 958. The van der Waals surface area contributed by atoms with E-state index in [9.17, 15) is 9.59 Å². The molecule has 2 aromatic carbocycles. The molecule has 33 heavy (non-hydrogen) atoms. The van der Waals surface area contributed by atoms with Crippen molar-refractivity contribution < 1.29 is 19.1 Å². The van der Waals surface area contributed by atoms with Gasteiger partial charge in [-0.25, -0.2) is 4.79 Å². The molecule has 0 radical (unpaired) electrons. The molecular formula is C27H34N2O4. The standard InChI is InChI=1S/C27H34N2O4/c1-5-20-11-12-24(32-19-21-9-7-6-8-10-21)22(17-20)18-25(30)28-23-13-15-29(16-14-23)26(31)33-27(2,3)4/h5-12,17,23H,1,13-16,18-19H2,2-4H3,(H,28,30). The normalized spacial score (nSPS) is 14.5. The van der Waals surface area contributed by atoms with Crippen LogP contribution in [0.2, 0.25) is 0 Å². The highest BCUT2D eigenvalue weighted by Gasteiger charge is 2.27. The van der Waals surface area contributed by atoms with Crippen LogP contribution in [0, 0.1) is 0 Å². The number of nitrogens with zero attached hydrogens (tertiary/aromatic N) is 1. The van der Waals surface area contributed by atoms with Crippen LogP contribution in [-0.4, -0.2) is 41.6 Å². The Labute approximate surface area is 196 Å². The molecule has 1 saturated heterocycles. The molecule has 2 amide bonds. The van der Waals surface area contributed by atoms with E-state index in [4.69, 9.17) is 9.47 Å². The molecule has 0 spiro atoms. The van der Waals surface area contributed by atoms with Crippen LogP contribution < -0.4 is 10.1 Å². The van der Waals surface area contributed by atoms with Gasteiger partial charge < -0.3 is 19.7 Å². The van der Waals surface area contributed by atoms with Gasteiger partial charge in [0, 0.05) is 24.7 Å². The lowest BCUT2D eigenvalue weighted by molar-refractivity contribution is -0.121. The largest absolute Gasteiger partial charge is 0.489 e. The first-order valence-corrected chi connectivity index (χ1v) is 11.4. The number of amides is 2. The fraction of sp³-hybridized carbons (Fsp3) is 0.407. The Hall–Kier alpha value is -3.28. The topological polar surface area (TPSA) is 67.9 Å². The summed E-state index contributed by atoms with van der Waals surface area (Å²) in [7, 11) is 0. The van der Waals surface area contributed by atoms with Crippen molar-refractivity contribution >= 4 is 18.1 Å². The lowest BCUT2D eigenvalue weighted by atomic mass is 10.0. The molecule has 1 N–H and O–H groups in total. The van der Waals surface area contributed by atoms with Crippen LogP contribution in [0.5, 0.6) is 5.75 Å². The Morgan fingerprint density at radius 2 is 1.82 bits per heavy atom. The monoisotopic (exact) mass is 450 g/mol. The van der Waals surface area contributed by atoms with Crippen molar-refractivity contribution in [2.24, 2.45) is 0 Å². The third kappa shape index (κ3) is 7.67. The van der Waals surface area contributed by atoms with Crippen molar-refractivity contribution in [1.29, 1.82) is 0 Å². The zero-order valence-corrected chi connectivity index (χ0v) is 19.8. The third-order valence-electron chi connectivity index (χ3n) is 5.42. The zero-order valence-electron chi connectivity index (χ0n) is 19.8. The van der Waals surface area contributed by atoms with E-state index in [1.807, 2.05) is 69.3 Å². The molecule has 176 valence electrons. The van der Waals surface area contributed by atoms with Crippen molar-refractivity contribution in [2.45, 2.75) is 58.3 Å². The molecule has 2 aromatic rings. The lowest BCUT2D eigenvalue weighted by Crippen LogP contribution is -2.48. The highest BCUT2D eigenvalue weighted by molar-refractivity contribution is 5.80. The minimum atomic E-state index is -0.511. The van der Waals surface area contributed by atoms with Gasteiger partial charge in [-0.2, -0.15) is 0 Å². The minimum absolute atomic E-state index is 0.0347. The molecule has 0 atom stereocenters. The molecule has 6 nitrogen and oxygen atoms in total. The zero-order chi connectivity index (χ0) is 23.8. The number of hydrogen-bond donors (Lipinski definition) is 1. The molecule has 6 heteroatoms. The highest BCUT2D eigenvalue weighted by Crippen LogP contribution is 2.23. The molecule has 1 heterocycles. The van der Waals surface area contributed by atoms with Gasteiger partial charge in [0.05, 0.1) is 6.42 Å². The summed E-state index contributed by atoms with van der Waals surface area (Å²) in [5.41, 5.74) is 2.32. The summed E-state index contributed by atoms with van der Waals surface area (Å²) in [5, 5.41) is 3.11. The van der Waals surface area contributed by atoms with Crippen LogP contribution in [0.25, 0.3) is 6.08 Å². The molecule has 0 bridgehead atoms. The van der Waals surface area contributed by atoms with Gasteiger partial charge in [0.1, 0.15) is 18.0 Å². The maximum atomic E-state index is 12.8. The molecular weight excluding hydrogens is 416 g/mol. The minimum Gasteiger partial charge on any atom is -0.489 e. The van der Waals surface area contributed by atoms with Crippen LogP contribution in [0.15, 0.2) is 55.1 Å². The first-order chi connectivity index (χ1) is 15.7. The van der Waals surface area contributed by atoms with Gasteiger partial charge in [0.25, 0.3) is 0 Å². The van der Waals surface area contributed by atoms with Crippen molar-refractivity contribution in [3.8, 4) is 5.75 Å². The predicted octanol–water partition coefficient (Wildman–Crippen LogP) is 4.97. The average Bonchev–Trinajstić information content (AvgIpc) is 2.78. The number of ether oxygens (including phenoxy) is 2. The number of benzene rings is 2. The Morgan fingerprint density at radius 3 is 2.45 bits per heavy atom. The van der Waals surface area contributed by atoms with Crippen molar-refractivity contribution in [1.82, 2.24) is 10.2 Å². The number of nitrogens with one attached hydrogen (secondary N) is 1. The van der Waals surface area contributed by atoms with E-state index in [1.54, 1.807) is 11.0 Å². The Balaban J connectivity index is 1.55. The number of carbonyl (C=O) groups is 2. The maximum absolute atomic E-state index is 12.8. The summed E-state index contributed by atoms with van der Waals surface area (Å²) in [6, 6.07) is 15.7. The number of rotatable bonds is 7. The van der Waals surface area contributed by atoms with Gasteiger partial charge in [-0.15, -0.1) is 0 Å². The molecule has 1 aliphatic heterocycles. The van der Waals surface area contributed by atoms with Gasteiger partial charge in [0.15, 0.2) is 0 Å². The number of hydrogen-bond acceptors (Lipinski definition) is 4. The summed E-state index contributed by atoms with van der Waals surface area (Å²) in [5.74, 6) is 0.635. The van der Waals surface area contributed by atoms with E-state index >= 15 is 0 Å². The summed E-state index contributed by atoms with van der Waals surface area (Å²) >= 11 is 0. The molecule has 3 rings (SSSR count). The van der Waals surface area contributed by atoms with Gasteiger partial charge in [0.2, 0.25) is 5.91 Å². The number of likely N-dealkylation sites (tertiary alicyclic amines) is 1. The summed E-state index contributed by atoms with van der Waals surface area (Å²) < 4.78 is 11.5.